The average Bonchev–Trinajstić information content (AvgIpc) is 3.40. The van der Waals surface area contributed by atoms with Gasteiger partial charge in [-0.1, -0.05) is 23.7 Å². The normalized spacial score (nSPS) is 20.3. The quantitative estimate of drug-likeness (QED) is 0.665. The molecule has 2 aromatic rings. The highest BCUT2D eigenvalue weighted by Crippen LogP contribution is 2.31. The summed E-state index contributed by atoms with van der Waals surface area (Å²) in [4.78, 5) is 14.9. The summed E-state index contributed by atoms with van der Waals surface area (Å²) in [5.74, 6) is 1.89. The van der Waals surface area contributed by atoms with Gasteiger partial charge >= 0.3 is 6.03 Å². The van der Waals surface area contributed by atoms with E-state index in [2.05, 4.69) is 20.1 Å². The van der Waals surface area contributed by atoms with E-state index in [4.69, 9.17) is 11.6 Å². The summed E-state index contributed by atoms with van der Waals surface area (Å²) >= 11 is 6.01. The van der Waals surface area contributed by atoms with Crippen LogP contribution in [0.2, 0.25) is 5.02 Å². The van der Waals surface area contributed by atoms with Crippen molar-refractivity contribution in [3.05, 3.63) is 46.5 Å². The van der Waals surface area contributed by atoms with Crippen LogP contribution in [0, 0.1) is 12.8 Å². The maximum absolute atomic E-state index is 13.0. The number of rotatable bonds is 6. The highest BCUT2D eigenvalue weighted by atomic mass is 35.5. The first-order chi connectivity index (χ1) is 15.7. The molecule has 0 aliphatic carbocycles. The number of carbonyl (C=O) groups is 1. The molecule has 11 heteroatoms. The van der Waals surface area contributed by atoms with E-state index in [0.717, 1.165) is 42.9 Å². The fraction of sp³-hybridized carbons (Fsp3) is 0.591. The zero-order valence-electron chi connectivity index (χ0n) is 19.1. The molecule has 2 aliphatic heterocycles. The Hall–Kier alpha value is -2.17. The van der Waals surface area contributed by atoms with Crippen LogP contribution < -0.4 is 5.32 Å². The minimum Gasteiger partial charge on any atom is -0.338 e. The van der Waals surface area contributed by atoms with Crippen molar-refractivity contribution in [1.29, 1.82) is 0 Å². The molecule has 2 saturated heterocycles. The van der Waals surface area contributed by atoms with Crippen molar-refractivity contribution in [1.82, 2.24) is 29.3 Å². The number of piperidine rings is 1. The maximum atomic E-state index is 13.0. The first-order valence-electron chi connectivity index (χ1n) is 11.4. The zero-order valence-corrected chi connectivity index (χ0v) is 20.6. The highest BCUT2D eigenvalue weighted by molar-refractivity contribution is 7.88. The van der Waals surface area contributed by atoms with Crippen LogP contribution in [0.3, 0.4) is 0 Å². The first kappa shape index (κ1) is 24.0. The van der Waals surface area contributed by atoms with Crippen molar-refractivity contribution < 1.29 is 13.2 Å². The lowest BCUT2D eigenvalue weighted by atomic mass is 9.98. The molecule has 1 aromatic heterocycles. The molecule has 2 aliphatic rings. The predicted octanol–water partition coefficient (Wildman–Crippen LogP) is 2.81. The molecular formula is C22H31ClN6O3S. The fourth-order valence-electron chi connectivity index (χ4n) is 4.67. The Morgan fingerprint density at radius 2 is 1.82 bits per heavy atom. The van der Waals surface area contributed by atoms with Crippen LogP contribution in [0.4, 0.5) is 4.79 Å². The van der Waals surface area contributed by atoms with Crippen LogP contribution in [0.1, 0.15) is 48.9 Å². The molecule has 1 atom stereocenters. The van der Waals surface area contributed by atoms with Gasteiger partial charge in [-0.15, -0.1) is 10.2 Å². The monoisotopic (exact) mass is 494 g/mol. The molecule has 2 amide bonds. The third kappa shape index (κ3) is 5.67. The van der Waals surface area contributed by atoms with Crippen LogP contribution in [-0.4, -0.2) is 70.9 Å². The summed E-state index contributed by atoms with van der Waals surface area (Å²) in [6.07, 6.45) is 4.52. The molecule has 0 spiro atoms. The number of benzene rings is 1. The molecule has 3 heterocycles. The molecule has 9 nitrogen and oxygen atoms in total. The Bertz CT molecular complexity index is 1080. The van der Waals surface area contributed by atoms with Gasteiger partial charge in [-0.2, -0.15) is 0 Å². The largest absolute Gasteiger partial charge is 0.338 e. The molecule has 180 valence electrons. The summed E-state index contributed by atoms with van der Waals surface area (Å²) in [6, 6.07) is 7.49. The Kier molecular flexibility index (Phi) is 7.25. The standard InChI is InChI=1S/C22H31ClN6O3S/c1-16-25-26-21(29(16)15-18-5-7-19(23)8-6-18)20-4-3-11-28(20)22(30)24-14-17-9-12-27(13-10-17)33(2,31)32/h5-8,17,20H,3-4,9-15H2,1-2H3,(H,24,30)/t20-/m1/s1. The lowest BCUT2D eigenvalue weighted by molar-refractivity contribution is 0.184. The van der Waals surface area contributed by atoms with Gasteiger partial charge in [0.25, 0.3) is 0 Å². The zero-order chi connectivity index (χ0) is 23.6. The minimum absolute atomic E-state index is 0.0956. The summed E-state index contributed by atoms with van der Waals surface area (Å²) in [5.41, 5.74) is 1.10. The fourth-order valence-corrected chi connectivity index (χ4v) is 5.67. The van der Waals surface area contributed by atoms with E-state index in [-0.39, 0.29) is 18.0 Å². The minimum atomic E-state index is -3.14. The van der Waals surface area contributed by atoms with E-state index < -0.39 is 10.0 Å². The Morgan fingerprint density at radius 1 is 1.12 bits per heavy atom. The number of carbonyl (C=O) groups excluding carboxylic acids is 1. The van der Waals surface area contributed by atoms with E-state index in [0.29, 0.717) is 37.7 Å². The van der Waals surface area contributed by atoms with Gasteiger partial charge in [-0.3, -0.25) is 0 Å². The number of aromatic nitrogens is 3. The van der Waals surface area contributed by atoms with Gasteiger partial charge in [0.1, 0.15) is 5.82 Å². The van der Waals surface area contributed by atoms with Gasteiger partial charge < -0.3 is 14.8 Å². The van der Waals surface area contributed by atoms with Crippen molar-refractivity contribution in [2.45, 2.75) is 45.2 Å². The second-order valence-corrected chi connectivity index (χ2v) is 11.4. The molecule has 0 radical (unpaired) electrons. The molecule has 0 unspecified atom stereocenters. The maximum Gasteiger partial charge on any atom is 0.318 e. The second kappa shape index (κ2) is 9.99. The molecule has 4 rings (SSSR count). The van der Waals surface area contributed by atoms with Crippen molar-refractivity contribution in [3.63, 3.8) is 0 Å². The Labute approximate surface area is 200 Å². The van der Waals surface area contributed by atoms with Crippen molar-refractivity contribution in [2.75, 3.05) is 32.4 Å². The topological polar surface area (TPSA) is 100 Å². The SMILES string of the molecule is Cc1nnc([C@H]2CCCN2C(=O)NCC2CCN(S(C)(=O)=O)CC2)n1Cc1ccc(Cl)cc1. The number of hydrogen-bond acceptors (Lipinski definition) is 5. The highest BCUT2D eigenvalue weighted by Gasteiger charge is 2.34. The van der Waals surface area contributed by atoms with Crippen LogP contribution in [0.5, 0.6) is 0 Å². The third-order valence-corrected chi connectivity index (χ3v) is 8.17. The number of urea groups is 1. The molecule has 2 fully saturated rings. The predicted molar refractivity (Wildman–Crippen MR) is 127 cm³/mol. The lowest BCUT2D eigenvalue weighted by Gasteiger charge is -2.31. The summed E-state index contributed by atoms with van der Waals surface area (Å²) in [7, 11) is -3.14. The second-order valence-electron chi connectivity index (χ2n) is 8.96. The Morgan fingerprint density at radius 3 is 2.48 bits per heavy atom. The number of nitrogens with one attached hydrogen (secondary N) is 1. The lowest BCUT2D eigenvalue weighted by Crippen LogP contribution is -2.44. The first-order valence-corrected chi connectivity index (χ1v) is 13.6. The number of sulfonamides is 1. The number of likely N-dealkylation sites (tertiary alicyclic amines) is 1. The van der Waals surface area contributed by atoms with Crippen LogP contribution in [-0.2, 0) is 16.6 Å². The van der Waals surface area contributed by atoms with Crippen molar-refractivity contribution in [3.8, 4) is 0 Å². The Balaban J connectivity index is 1.38. The third-order valence-electron chi connectivity index (χ3n) is 6.61. The number of nitrogens with zero attached hydrogens (tertiary/aromatic N) is 5. The van der Waals surface area contributed by atoms with E-state index in [1.165, 1.54) is 10.6 Å². The summed E-state index contributed by atoms with van der Waals surface area (Å²) < 4.78 is 27.0. The van der Waals surface area contributed by atoms with E-state index in [1.54, 1.807) is 0 Å². The molecule has 33 heavy (non-hydrogen) atoms. The van der Waals surface area contributed by atoms with E-state index in [1.807, 2.05) is 36.1 Å². The number of aryl methyl sites for hydroxylation is 1. The van der Waals surface area contributed by atoms with Gasteiger partial charge in [0.15, 0.2) is 5.82 Å². The molecular weight excluding hydrogens is 464 g/mol. The summed E-state index contributed by atoms with van der Waals surface area (Å²) in [5, 5.41) is 12.5. The van der Waals surface area contributed by atoms with Gasteiger partial charge in [0.2, 0.25) is 10.0 Å². The van der Waals surface area contributed by atoms with Gasteiger partial charge in [0.05, 0.1) is 18.8 Å². The average molecular weight is 495 g/mol. The van der Waals surface area contributed by atoms with E-state index in [9.17, 15) is 13.2 Å². The van der Waals surface area contributed by atoms with Gasteiger partial charge in [0, 0.05) is 31.2 Å². The number of hydrogen-bond donors (Lipinski definition) is 1. The van der Waals surface area contributed by atoms with Crippen LogP contribution >= 0.6 is 11.6 Å². The number of halogens is 1. The molecule has 0 bridgehead atoms. The van der Waals surface area contributed by atoms with Crippen LogP contribution in [0.15, 0.2) is 24.3 Å². The molecule has 0 saturated carbocycles. The summed E-state index contributed by atoms with van der Waals surface area (Å²) in [6.45, 7) is 4.80. The smallest absolute Gasteiger partial charge is 0.318 e. The van der Waals surface area contributed by atoms with Gasteiger partial charge in [-0.25, -0.2) is 17.5 Å². The van der Waals surface area contributed by atoms with E-state index >= 15 is 0 Å². The molecule has 1 aromatic carbocycles. The van der Waals surface area contributed by atoms with Crippen molar-refractivity contribution in [2.24, 2.45) is 5.92 Å². The molecule has 1 N–H and O–H groups in total. The van der Waals surface area contributed by atoms with Gasteiger partial charge in [-0.05, 0) is 56.2 Å². The number of amides is 2. The van der Waals surface area contributed by atoms with Crippen molar-refractivity contribution >= 4 is 27.7 Å². The van der Waals surface area contributed by atoms with Crippen LogP contribution in [0.25, 0.3) is 0 Å².